The summed E-state index contributed by atoms with van der Waals surface area (Å²) in [4.78, 5) is 11.3. The standard InChI is InChI=1S/C15H12Br2O2/c1-9-3-5-14(12(16)7-9)19-15-6-4-11(10(2)18)8-13(15)17/h3-8H,1-2H3. The molecule has 0 radical (unpaired) electrons. The normalized spacial score (nSPS) is 10.3. The lowest BCUT2D eigenvalue weighted by molar-refractivity contribution is 0.101. The minimum atomic E-state index is 0.0313. The average molecular weight is 384 g/mol. The van der Waals surface area contributed by atoms with E-state index >= 15 is 0 Å². The molecule has 19 heavy (non-hydrogen) atoms. The summed E-state index contributed by atoms with van der Waals surface area (Å²) in [7, 11) is 0. The lowest BCUT2D eigenvalue weighted by Gasteiger charge is -2.10. The number of carbonyl (C=O) groups is 1. The summed E-state index contributed by atoms with van der Waals surface area (Å²) in [6.07, 6.45) is 0. The van der Waals surface area contributed by atoms with Gasteiger partial charge in [0.25, 0.3) is 0 Å². The first kappa shape index (κ1) is 14.3. The molecule has 4 heteroatoms. The van der Waals surface area contributed by atoms with Crippen LogP contribution in [0.15, 0.2) is 45.3 Å². The highest BCUT2D eigenvalue weighted by Crippen LogP contribution is 2.34. The zero-order valence-corrected chi connectivity index (χ0v) is 13.7. The van der Waals surface area contributed by atoms with Crippen LogP contribution in [0.25, 0.3) is 0 Å². The number of aryl methyl sites for hydroxylation is 1. The van der Waals surface area contributed by atoms with E-state index < -0.39 is 0 Å². The molecule has 0 aliphatic carbocycles. The van der Waals surface area contributed by atoms with Gasteiger partial charge in [-0.15, -0.1) is 0 Å². The molecule has 0 aromatic heterocycles. The molecule has 0 unspecified atom stereocenters. The fraction of sp³-hybridized carbons (Fsp3) is 0.133. The third kappa shape index (κ3) is 3.45. The summed E-state index contributed by atoms with van der Waals surface area (Å²) in [6.45, 7) is 3.56. The Bertz CT molecular complexity index is 636. The predicted molar refractivity (Wildman–Crippen MR) is 83.1 cm³/mol. The maximum Gasteiger partial charge on any atom is 0.159 e. The highest BCUT2D eigenvalue weighted by Gasteiger charge is 2.08. The van der Waals surface area contributed by atoms with Crippen molar-refractivity contribution in [2.24, 2.45) is 0 Å². The summed E-state index contributed by atoms with van der Waals surface area (Å²) in [5, 5.41) is 0. The van der Waals surface area contributed by atoms with Gasteiger partial charge in [-0.25, -0.2) is 0 Å². The molecule has 0 amide bonds. The van der Waals surface area contributed by atoms with E-state index in [-0.39, 0.29) is 5.78 Å². The summed E-state index contributed by atoms with van der Waals surface area (Å²) in [5.41, 5.74) is 1.81. The molecule has 98 valence electrons. The number of benzene rings is 2. The fourth-order valence-electron chi connectivity index (χ4n) is 1.61. The molecule has 2 aromatic rings. The van der Waals surface area contributed by atoms with Crippen LogP contribution in [0.3, 0.4) is 0 Å². The fourth-order valence-corrected chi connectivity index (χ4v) is 2.64. The van der Waals surface area contributed by atoms with Gasteiger partial charge in [0.1, 0.15) is 11.5 Å². The van der Waals surface area contributed by atoms with Gasteiger partial charge in [-0.1, -0.05) is 6.07 Å². The van der Waals surface area contributed by atoms with Crippen LogP contribution in [0.5, 0.6) is 11.5 Å². The molecule has 0 fully saturated rings. The third-order valence-electron chi connectivity index (χ3n) is 2.65. The summed E-state index contributed by atoms with van der Waals surface area (Å²) < 4.78 is 7.48. The van der Waals surface area contributed by atoms with Gasteiger partial charge < -0.3 is 4.74 Å². The van der Waals surface area contributed by atoms with Gasteiger partial charge >= 0.3 is 0 Å². The Balaban J connectivity index is 2.31. The molecular formula is C15H12Br2O2. The van der Waals surface area contributed by atoms with Crippen LogP contribution in [-0.2, 0) is 0 Å². The molecule has 0 aliphatic heterocycles. The maximum absolute atomic E-state index is 11.3. The summed E-state index contributed by atoms with van der Waals surface area (Å²) in [5.74, 6) is 1.44. The van der Waals surface area contributed by atoms with Crippen molar-refractivity contribution in [3.63, 3.8) is 0 Å². The number of ketones is 1. The van der Waals surface area contributed by atoms with E-state index in [1.165, 1.54) is 0 Å². The highest BCUT2D eigenvalue weighted by molar-refractivity contribution is 9.11. The molecule has 0 spiro atoms. The van der Waals surface area contributed by atoms with E-state index in [1.54, 1.807) is 25.1 Å². The topological polar surface area (TPSA) is 26.3 Å². The smallest absolute Gasteiger partial charge is 0.159 e. The number of rotatable bonds is 3. The molecular weight excluding hydrogens is 372 g/mol. The molecule has 0 N–H and O–H groups in total. The van der Waals surface area contributed by atoms with Crippen molar-refractivity contribution in [2.45, 2.75) is 13.8 Å². The molecule has 0 aliphatic rings. The lowest BCUT2D eigenvalue weighted by Crippen LogP contribution is -1.93. The lowest BCUT2D eigenvalue weighted by atomic mass is 10.1. The minimum absolute atomic E-state index is 0.0313. The second-order valence-electron chi connectivity index (χ2n) is 4.24. The Morgan fingerprint density at radius 3 is 2.11 bits per heavy atom. The van der Waals surface area contributed by atoms with Gasteiger partial charge in [0.2, 0.25) is 0 Å². The highest BCUT2D eigenvalue weighted by atomic mass is 79.9. The number of Topliss-reactive ketones (excluding diaryl/α,β-unsaturated/α-hetero) is 1. The first-order valence-corrected chi connectivity index (χ1v) is 7.30. The van der Waals surface area contributed by atoms with Gasteiger partial charge in [0, 0.05) is 5.56 Å². The van der Waals surface area contributed by atoms with Crippen molar-refractivity contribution >= 4 is 37.6 Å². The number of hydrogen-bond acceptors (Lipinski definition) is 2. The third-order valence-corrected chi connectivity index (χ3v) is 3.89. The van der Waals surface area contributed by atoms with Crippen molar-refractivity contribution in [2.75, 3.05) is 0 Å². The Hall–Kier alpha value is -1.13. The first-order valence-electron chi connectivity index (χ1n) is 5.72. The van der Waals surface area contributed by atoms with Crippen molar-refractivity contribution in [3.05, 3.63) is 56.5 Å². The molecule has 2 nitrogen and oxygen atoms in total. The van der Waals surface area contributed by atoms with Gasteiger partial charge in [0.05, 0.1) is 8.95 Å². The Labute approximate surface area is 129 Å². The monoisotopic (exact) mass is 382 g/mol. The molecule has 2 aromatic carbocycles. The Morgan fingerprint density at radius 1 is 1.00 bits per heavy atom. The van der Waals surface area contributed by atoms with Crippen molar-refractivity contribution in [1.29, 1.82) is 0 Å². The zero-order valence-electron chi connectivity index (χ0n) is 10.5. The number of hydrogen-bond donors (Lipinski definition) is 0. The second-order valence-corrected chi connectivity index (χ2v) is 5.95. The van der Waals surface area contributed by atoms with Crippen molar-refractivity contribution < 1.29 is 9.53 Å². The second kappa shape index (κ2) is 5.88. The zero-order chi connectivity index (χ0) is 14.0. The molecule has 0 heterocycles. The maximum atomic E-state index is 11.3. The van der Waals surface area contributed by atoms with Crippen LogP contribution in [0.4, 0.5) is 0 Å². The van der Waals surface area contributed by atoms with Crippen molar-refractivity contribution in [1.82, 2.24) is 0 Å². The number of carbonyl (C=O) groups excluding carboxylic acids is 1. The Morgan fingerprint density at radius 2 is 1.58 bits per heavy atom. The summed E-state index contributed by atoms with van der Waals surface area (Å²) in [6, 6.07) is 11.2. The molecule has 0 atom stereocenters. The van der Waals surface area contributed by atoms with E-state index in [9.17, 15) is 4.79 Å². The van der Waals surface area contributed by atoms with E-state index in [2.05, 4.69) is 31.9 Å². The quantitative estimate of drug-likeness (QED) is 0.652. The first-order chi connectivity index (χ1) is 8.97. The predicted octanol–water partition coefficient (Wildman–Crippen LogP) is 5.51. The van der Waals surface area contributed by atoms with Gasteiger partial charge in [-0.05, 0) is 81.6 Å². The van der Waals surface area contributed by atoms with E-state index in [0.717, 1.165) is 20.3 Å². The van der Waals surface area contributed by atoms with Crippen LogP contribution in [0, 0.1) is 6.92 Å². The molecule has 2 rings (SSSR count). The van der Waals surface area contributed by atoms with Gasteiger partial charge in [0.15, 0.2) is 5.78 Å². The molecule has 0 saturated carbocycles. The molecule has 0 bridgehead atoms. The molecule has 0 saturated heterocycles. The van der Waals surface area contributed by atoms with Gasteiger partial charge in [-0.3, -0.25) is 4.79 Å². The van der Waals surface area contributed by atoms with Crippen LogP contribution >= 0.6 is 31.9 Å². The number of ether oxygens (including phenoxy) is 1. The van der Waals surface area contributed by atoms with E-state index in [1.807, 2.05) is 25.1 Å². The van der Waals surface area contributed by atoms with Crippen LogP contribution < -0.4 is 4.74 Å². The SMILES string of the molecule is CC(=O)c1ccc(Oc2ccc(C)cc2Br)c(Br)c1. The Kier molecular flexibility index (Phi) is 4.42. The van der Waals surface area contributed by atoms with E-state index in [0.29, 0.717) is 11.3 Å². The van der Waals surface area contributed by atoms with Gasteiger partial charge in [-0.2, -0.15) is 0 Å². The average Bonchev–Trinajstić information content (AvgIpc) is 2.34. The largest absolute Gasteiger partial charge is 0.455 e. The summed E-state index contributed by atoms with van der Waals surface area (Å²) >= 11 is 6.89. The van der Waals surface area contributed by atoms with E-state index in [4.69, 9.17) is 4.74 Å². The minimum Gasteiger partial charge on any atom is -0.455 e. The number of halogens is 2. The van der Waals surface area contributed by atoms with Crippen LogP contribution in [-0.4, -0.2) is 5.78 Å². The van der Waals surface area contributed by atoms with Crippen LogP contribution in [0.1, 0.15) is 22.8 Å². The van der Waals surface area contributed by atoms with Crippen molar-refractivity contribution in [3.8, 4) is 11.5 Å². The van der Waals surface area contributed by atoms with Crippen LogP contribution in [0.2, 0.25) is 0 Å².